The average molecular weight is 419 g/mol. The van der Waals surface area contributed by atoms with Crippen LogP contribution in [0.1, 0.15) is 78.3 Å². The van der Waals surface area contributed by atoms with Crippen molar-refractivity contribution in [2.45, 2.75) is 52.6 Å². The molecule has 0 spiro atoms. The first-order valence-electron chi connectivity index (χ1n) is 9.28. The van der Waals surface area contributed by atoms with Crippen LogP contribution in [0.2, 0.25) is 0 Å². The number of anilines is 1. The fourth-order valence-electron chi connectivity index (χ4n) is 2.70. The first-order valence-corrected chi connectivity index (χ1v) is 10.2. The molecule has 1 unspecified atom stereocenters. The van der Waals surface area contributed by atoms with Gasteiger partial charge in [0.15, 0.2) is 6.10 Å². The van der Waals surface area contributed by atoms with Crippen molar-refractivity contribution in [1.29, 1.82) is 0 Å². The number of primary amides is 1. The van der Waals surface area contributed by atoms with E-state index in [1.54, 1.807) is 11.4 Å². The Morgan fingerprint density at radius 2 is 1.72 bits per heavy atom. The van der Waals surface area contributed by atoms with E-state index in [4.69, 9.17) is 10.5 Å². The third-order valence-electron chi connectivity index (χ3n) is 4.49. The molecule has 1 aromatic heterocycles. The molecule has 7 nitrogen and oxygen atoms in total. The smallest absolute Gasteiger partial charge is 0.342 e. The molecule has 2 aromatic rings. The molecule has 156 valence electrons. The Labute approximate surface area is 173 Å². The van der Waals surface area contributed by atoms with Gasteiger partial charge in [-0.15, -0.1) is 11.3 Å². The number of benzene rings is 1. The van der Waals surface area contributed by atoms with E-state index >= 15 is 0 Å². The van der Waals surface area contributed by atoms with Gasteiger partial charge in [-0.25, -0.2) is 4.79 Å². The molecule has 0 bridgehead atoms. The Morgan fingerprint density at radius 3 is 2.28 bits per heavy atom. The van der Waals surface area contributed by atoms with Gasteiger partial charge in [0.25, 0.3) is 11.8 Å². The molecular formula is C21H26N2O5S. The Balaban J connectivity index is 2.21. The second kappa shape index (κ2) is 9.09. The van der Waals surface area contributed by atoms with E-state index in [1.807, 2.05) is 33.8 Å². The van der Waals surface area contributed by atoms with Crippen LogP contribution in [0.4, 0.5) is 5.00 Å². The van der Waals surface area contributed by atoms with Crippen LogP contribution in [0.3, 0.4) is 0 Å². The van der Waals surface area contributed by atoms with Gasteiger partial charge < -0.3 is 20.9 Å². The minimum atomic E-state index is -1.14. The molecule has 2 amide bonds. The third kappa shape index (κ3) is 5.14. The highest BCUT2D eigenvalue weighted by atomic mass is 32.1. The average Bonchev–Trinajstić information content (AvgIpc) is 3.09. The van der Waals surface area contributed by atoms with E-state index < -0.39 is 23.9 Å². The van der Waals surface area contributed by atoms with Crippen molar-refractivity contribution in [3.05, 3.63) is 45.8 Å². The number of hydrogen-bond acceptors (Lipinski definition) is 6. The van der Waals surface area contributed by atoms with Crippen LogP contribution in [-0.4, -0.2) is 29.0 Å². The Morgan fingerprint density at radius 1 is 1.07 bits per heavy atom. The zero-order valence-corrected chi connectivity index (χ0v) is 17.9. The van der Waals surface area contributed by atoms with Crippen molar-refractivity contribution in [1.82, 2.24) is 0 Å². The first-order chi connectivity index (χ1) is 13.5. The summed E-state index contributed by atoms with van der Waals surface area (Å²) in [5.74, 6) is -2.06. The molecule has 0 aliphatic rings. The minimum absolute atomic E-state index is 0.00650. The quantitative estimate of drug-likeness (QED) is 0.588. The highest BCUT2D eigenvalue weighted by molar-refractivity contribution is 7.14. The zero-order chi connectivity index (χ0) is 21.9. The van der Waals surface area contributed by atoms with Gasteiger partial charge in [0.1, 0.15) is 16.3 Å². The van der Waals surface area contributed by atoms with Crippen LogP contribution in [0.25, 0.3) is 0 Å². The number of rotatable bonds is 7. The maximum atomic E-state index is 12.7. The van der Waals surface area contributed by atoms with Gasteiger partial charge in [0.2, 0.25) is 0 Å². The van der Waals surface area contributed by atoms with Crippen molar-refractivity contribution in [2.75, 3.05) is 5.32 Å². The molecule has 0 saturated heterocycles. The van der Waals surface area contributed by atoms with Gasteiger partial charge >= 0.3 is 5.97 Å². The standard InChI is InChI=1S/C21H26N2O5S/c1-10(2)13-8-15(11(3)4)17(24)16(9-13)21(27)28-12(5)19(26)23-20-14(18(22)25)6-7-29-20/h6-12,24H,1-5H3,(H2,22,25)(H,23,26). The summed E-state index contributed by atoms with van der Waals surface area (Å²) < 4.78 is 5.28. The maximum Gasteiger partial charge on any atom is 0.342 e. The monoisotopic (exact) mass is 418 g/mol. The highest BCUT2D eigenvalue weighted by Crippen LogP contribution is 2.33. The number of esters is 1. The van der Waals surface area contributed by atoms with Crippen LogP contribution < -0.4 is 11.1 Å². The van der Waals surface area contributed by atoms with Crippen molar-refractivity contribution < 1.29 is 24.2 Å². The highest BCUT2D eigenvalue weighted by Gasteiger charge is 2.25. The lowest BCUT2D eigenvalue weighted by Crippen LogP contribution is -2.30. The molecule has 1 heterocycles. The number of ether oxygens (including phenoxy) is 1. The summed E-state index contributed by atoms with van der Waals surface area (Å²) >= 11 is 1.14. The summed E-state index contributed by atoms with van der Waals surface area (Å²) in [4.78, 5) is 36.4. The van der Waals surface area contributed by atoms with Gasteiger partial charge in [-0.3, -0.25) is 9.59 Å². The first kappa shape index (κ1) is 22.4. The number of nitrogens with two attached hydrogens (primary N) is 1. The van der Waals surface area contributed by atoms with E-state index in [-0.39, 0.29) is 33.7 Å². The predicted molar refractivity (Wildman–Crippen MR) is 113 cm³/mol. The minimum Gasteiger partial charge on any atom is -0.507 e. The third-order valence-corrected chi connectivity index (χ3v) is 5.32. The molecule has 8 heteroatoms. The van der Waals surface area contributed by atoms with Crippen molar-refractivity contribution in [2.24, 2.45) is 5.73 Å². The van der Waals surface area contributed by atoms with Crippen LogP contribution in [-0.2, 0) is 9.53 Å². The summed E-state index contributed by atoms with van der Waals surface area (Å²) in [5, 5.41) is 15.0. The number of hydrogen-bond donors (Lipinski definition) is 3. The fourth-order valence-corrected chi connectivity index (χ4v) is 3.50. The number of thiophene rings is 1. The summed E-state index contributed by atoms with van der Waals surface area (Å²) in [6.07, 6.45) is -1.14. The molecule has 0 aliphatic heterocycles. The summed E-state index contributed by atoms with van der Waals surface area (Å²) in [6.45, 7) is 9.22. The molecule has 4 N–H and O–H groups in total. The second-order valence-electron chi connectivity index (χ2n) is 7.38. The van der Waals surface area contributed by atoms with Gasteiger partial charge in [0, 0.05) is 0 Å². The van der Waals surface area contributed by atoms with Crippen molar-refractivity contribution in [3.8, 4) is 5.75 Å². The number of amides is 2. The largest absolute Gasteiger partial charge is 0.507 e. The van der Waals surface area contributed by atoms with Gasteiger partial charge in [-0.1, -0.05) is 33.8 Å². The molecule has 2 rings (SSSR count). The molecule has 0 aliphatic carbocycles. The SMILES string of the molecule is CC(OC(=O)c1cc(C(C)C)cc(C(C)C)c1O)C(=O)Nc1sccc1C(N)=O. The maximum absolute atomic E-state index is 12.7. The van der Waals surface area contributed by atoms with Crippen LogP contribution in [0, 0.1) is 0 Å². The molecule has 0 radical (unpaired) electrons. The number of nitrogens with one attached hydrogen (secondary N) is 1. The lowest BCUT2D eigenvalue weighted by Gasteiger charge is -2.18. The van der Waals surface area contributed by atoms with Gasteiger partial charge in [-0.2, -0.15) is 0 Å². The van der Waals surface area contributed by atoms with E-state index in [9.17, 15) is 19.5 Å². The molecule has 29 heavy (non-hydrogen) atoms. The lowest BCUT2D eigenvalue weighted by atomic mass is 9.92. The summed E-state index contributed by atoms with van der Waals surface area (Å²) in [6, 6.07) is 4.96. The predicted octanol–water partition coefficient (Wildman–Crippen LogP) is 3.98. The zero-order valence-electron chi connectivity index (χ0n) is 17.1. The number of aromatic hydroxyl groups is 1. The Hall–Kier alpha value is -2.87. The number of phenolic OH excluding ortho intramolecular Hbond substituents is 1. The van der Waals surface area contributed by atoms with E-state index in [0.717, 1.165) is 16.9 Å². The Kier molecular flexibility index (Phi) is 7.02. The number of phenols is 1. The molecule has 0 saturated carbocycles. The van der Waals surface area contributed by atoms with Crippen molar-refractivity contribution in [3.63, 3.8) is 0 Å². The van der Waals surface area contributed by atoms with E-state index in [1.165, 1.54) is 13.0 Å². The molecular weight excluding hydrogens is 392 g/mol. The molecule has 0 fully saturated rings. The lowest BCUT2D eigenvalue weighted by molar-refractivity contribution is -0.123. The topological polar surface area (TPSA) is 119 Å². The van der Waals surface area contributed by atoms with Crippen molar-refractivity contribution >= 4 is 34.1 Å². The van der Waals surface area contributed by atoms with E-state index in [0.29, 0.717) is 5.56 Å². The van der Waals surface area contributed by atoms with Gasteiger partial charge in [-0.05, 0) is 47.4 Å². The second-order valence-corrected chi connectivity index (χ2v) is 8.30. The number of carbonyl (C=O) groups is 3. The Bertz CT molecular complexity index is 933. The van der Waals surface area contributed by atoms with Crippen LogP contribution in [0.15, 0.2) is 23.6 Å². The molecule has 1 atom stereocenters. The number of carbonyl (C=O) groups excluding carboxylic acids is 3. The normalized spacial score (nSPS) is 12.1. The summed E-state index contributed by atoms with van der Waals surface area (Å²) in [5.41, 5.74) is 7.00. The molecule has 1 aromatic carbocycles. The van der Waals surface area contributed by atoms with E-state index in [2.05, 4.69) is 5.32 Å². The van der Waals surface area contributed by atoms with Gasteiger partial charge in [0.05, 0.1) is 5.56 Å². The van der Waals surface area contributed by atoms with Crippen LogP contribution >= 0.6 is 11.3 Å². The summed E-state index contributed by atoms with van der Waals surface area (Å²) in [7, 11) is 0. The fraction of sp³-hybridized carbons (Fsp3) is 0.381. The van der Waals surface area contributed by atoms with Crippen LogP contribution in [0.5, 0.6) is 5.75 Å².